The molecule has 1 saturated heterocycles. The molecule has 2 aromatic carbocycles. The van der Waals surface area contributed by atoms with Gasteiger partial charge in [-0.1, -0.05) is 46.3 Å². The zero-order valence-electron chi connectivity index (χ0n) is 11.8. The second-order valence-corrected chi connectivity index (χ2v) is 6.78. The molecule has 2 aliphatic rings. The van der Waals surface area contributed by atoms with Crippen molar-refractivity contribution >= 4 is 21.6 Å². The first-order chi connectivity index (χ1) is 10.3. The molecule has 0 radical (unpaired) electrons. The van der Waals surface area contributed by atoms with Crippen LogP contribution in [-0.4, -0.2) is 6.61 Å². The van der Waals surface area contributed by atoms with Crippen LogP contribution in [0.25, 0.3) is 0 Å². The minimum absolute atomic E-state index is 0.206. The number of halogens is 1. The van der Waals surface area contributed by atoms with E-state index in [2.05, 4.69) is 69.8 Å². The van der Waals surface area contributed by atoms with Crippen LogP contribution in [0.4, 0.5) is 5.69 Å². The van der Waals surface area contributed by atoms with Crippen LogP contribution in [0.15, 0.2) is 53.0 Å². The molecule has 1 N–H and O–H groups in total. The largest absolute Gasteiger partial charge is 0.378 e. The number of benzene rings is 2. The van der Waals surface area contributed by atoms with Gasteiger partial charge in [0.15, 0.2) is 0 Å². The Bertz CT molecular complexity index is 643. The molecule has 0 aromatic heterocycles. The van der Waals surface area contributed by atoms with Crippen LogP contribution >= 0.6 is 15.9 Å². The number of hydrogen-bond donors (Lipinski definition) is 1. The van der Waals surface area contributed by atoms with Crippen LogP contribution in [0, 0.1) is 5.92 Å². The highest BCUT2D eigenvalue weighted by Gasteiger charge is 2.39. The van der Waals surface area contributed by atoms with E-state index in [1.54, 1.807) is 0 Å². The van der Waals surface area contributed by atoms with Crippen molar-refractivity contribution in [2.24, 2.45) is 5.92 Å². The first-order valence-electron chi connectivity index (χ1n) is 7.55. The van der Waals surface area contributed by atoms with Crippen molar-refractivity contribution in [1.29, 1.82) is 0 Å². The Kier molecular flexibility index (Phi) is 3.48. The molecule has 0 amide bonds. The van der Waals surface area contributed by atoms with Gasteiger partial charge in [0, 0.05) is 28.2 Å². The van der Waals surface area contributed by atoms with E-state index in [1.807, 2.05) is 0 Å². The van der Waals surface area contributed by atoms with Crippen LogP contribution in [0.3, 0.4) is 0 Å². The second-order valence-electron chi connectivity index (χ2n) is 5.86. The molecule has 2 aliphatic heterocycles. The monoisotopic (exact) mass is 343 g/mol. The molecule has 2 heterocycles. The van der Waals surface area contributed by atoms with Gasteiger partial charge in [0.1, 0.15) is 0 Å². The first kappa shape index (κ1) is 13.4. The number of ether oxygens (including phenoxy) is 1. The molecule has 0 aliphatic carbocycles. The van der Waals surface area contributed by atoms with Gasteiger partial charge in [0.2, 0.25) is 0 Å². The summed E-state index contributed by atoms with van der Waals surface area (Å²) in [6.45, 7) is 0.870. The molecule has 3 atom stereocenters. The molecule has 3 heteroatoms. The normalized spacial score (nSPS) is 27.4. The average molecular weight is 344 g/mol. The standard InChI is InChI=1S/C18H18BrNO/c19-13-8-9-16-15(11-13)18-14(7-4-10-21-18)17(20-16)12-5-2-1-3-6-12/h1-3,5-6,8-9,11,14,17-18,20H,4,7,10H2/t14-,17?,18-/m0/s1. The molecule has 2 aromatic rings. The Morgan fingerprint density at radius 1 is 1.10 bits per heavy atom. The van der Waals surface area contributed by atoms with Crippen LogP contribution in [-0.2, 0) is 4.74 Å². The smallest absolute Gasteiger partial charge is 0.0896 e. The van der Waals surface area contributed by atoms with Gasteiger partial charge in [-0.3, -0.25) is 0 Å². The van der Waals surface area contributed by atoms with Crippen molar-refractivity contribution < 1.29 is 4.74 Å². The maximum atomic E-state index is 6.15. The highest BCUT2D eigenvalue weighted by atomic mass is 79.9. The zero-order chi connectivity index (χ0) is 14.2. The van der Waals surface area contributed by atoms with E-state index < -0.39 is 0 Å². The lowest BCUT2D eigenvalue weighted by Crippen LogP contribution is -2.35. The fourth-order valence-corrected chi connectivity index (χ4v) is 4.01. The number of hydrogen-bond acceptors (Lipinski definition) is 2. The number of anilines is 1. The lowest BCUT2D eigenvalue weighted by Gasteiger charge is -2.43. The maximum absolute atomic E-state index is 6.15. The molecule has 4 rings (SSSR count). The summed E-state index contributed by atoms with van der Waals surface area (Å²) in [5.41, 5.74) is 3.85. The Balaban J connectivity index is 1.79. The van der Waals surface area contributed by atoms with Crippen LogP contribution in [0.2, 0.25) is 0 Å². The van der Waals surface area contributed by atoms with E-state index in [9.17, 15) is 0 Å². The van der Waals surface area contributed by atoms with Crippen molar-refractivity contribution in [2.45, 2.75) is 25.0 Å². The third-order valence-electron chi connectivity index (χ3n) is 4.59. The van der Waals surface area contributed by atoms with E-state index >= 15 is 0 Å². The van der Waals surface area contributed by atoms with Crippen molar-refractivity contribution in [3.05, 3.63) is 64.1 Å². The van der Waals surface area contributed by atoms with Crippen molar-refractivity contribution in [2.75, 3.05) is 11.9 Å². The van der Waals surface area contributed by atoms with Gasteiger partial charge in [0.05, 0.1) is 12.1 Å². The third kappa shape index (κ3) is 2.39. The van der Waals surface area contributed by atoms with E-state index in [4.69, 9.17) is 4.74 Å². The number of rotatable bonds is 1. The van der Waals surface area contributed by atoms with Crippen LogP contribution in [0.1, 0.15) is 36.1 Å². The summed E-state index contributed by atoms with van der Waals surface area (Å²) in [6, 6.07) is 17.5. The Morgan fingerprint density at radius 3 is 2.81 bits per heavy atom. The van der Waals surface area contributed by atoms with Crippen molar-refractivity contribution in [1.82, 2.24) is 0 Å². The first-order valence-corrected chi connectivity index (χ1v) is 8.35. The third-order valence-corrected chi connectivity index (χ3v) is 5.08. The molecule has 108 valence electrons. The van der Waals surface area contributed by atoms with Crippen LogP contribution in [0.5, 0.6) is 0 Å². The molecule has 0 spiro atoms. The Hall–Kier alpha value is -1.32. The summed E-state index contributed by atoms with van der Waals surface area (Å²) in [6.07, 6.45) is 2.57. The Labute approximate surface area is 133 Å². The van der Waals surface area contributed by atoms with E-state index in [1.165, 1.54) is 23.2 Å². The van der Waals surface area contributed by atoms with Gasteiger partial charge in [0.25, 0.3) is 0 Å². The van der Waals surface area contributed by atoms with Gasteiger partial charge in [-0.2, -0.15) is 0 Å². The molecule has 0 saturated carbocycles. The summed E-state index contributed by atoms with van der Waals surface area (Å²) in [4.78, 5) is 0. The fourth-order valence-electron chi connectivity index (χ4n) is 3.63. The zero-order valence-corrected chi connectivity index (χ0v) is 13.3. The highest BCUT2D eigenvalue weighted by Crippen LogP contribution is 2.49. The lowest BCUT2D eigenvalue weighted by atomic mass is 9.77. The molecule has 21 heavy (non-hydrogen) atoms. The van der Waals surface area contributed by atoms with Crippen molar-refractivity contribution in [3.63, 3.8) is 0 Å². The van der Waals surface area contributed by atoms with E-state index in [0.29, 0.717) is 12.0 Å². The molecular weight excluding hydrogens is 326 g/mol. The summed E-state index contributed by atoms with van der Waals surface area (Å²) < 4.78 is 7.27. The van der Waals surface area contributed by atoms with E-state index in [0.717, 1.165) is 17.5 Å². The average Bonchev–Trinajstić information content (AvgIpc) is 2.55. The molecular formula is C18H18BrNO. The summed E-state index contributed by atoms with van der Waals surface area (Å²) in [7, 11) is 0. The highest BCUT2D eigenvalue weighted by molar-refractivity contribution is 9.10. The summed E-state index contributed by atoms with van der Waals surface area (Å²) in [5, 5.41) is 3.74. The van der Waals surface area contributed by atoms with Gasteiger partial charge >= 0.3 is 0 Å². The fraction of sp³-hybridized carbons (Fsp3) is 0.333. The van der Waals surface area contributed by atoms with Gasteiger partial charge < -0.3 is 10.1 Å². The number of nitrogens with one attached hydrogen (secondary N) is 1. The SMILES string of the molecule is Brc1ccc2c(c1)[C@H]1OCCC[C@H]1C(c1ccccc1)N2. The summed E-state index contributed by atoms with van der Waals surface area (Å²) >= 11 is 3.58. The molecule has 1 unspecified atom stereocenters. The minimum atomic E-state index is 0.206. The van der Waals surface area contributed by atoms with Crippen molar-refractivity contribution in [3.8, 4) is 0 Å². The summed E-state index contributed by atoms with van der Waals surface area (Å²) in [5.74, 6) is 0.503. The maximum Gasteiger partial charge on any atom is 0.0896 e. The lowest BCUT2D eigenvalue weighted by molar-refractivity contribution is -0.0381. The molecule has 1 fully saturated rings. The van der Waals surface area contributed by atoms with Crippen LogP contribution < -0.4 is 5.32 Å². The quantitative estimate of drug-likeness (QED) is 0.779. The predicted molar refractivity (Wildman–Crippen MR) is 88.4 cm³/mol. The second kappa shape index (κ2) is 5.47. The molecule has 0 bridgehead atoms. The van der Waals surface area contributed by atoms with Gasteiger partial charge in [-0.25, -0.2) is 0 Å². The Morgan fingerprint density at radius 2 is 1.95 bits per heavy atom. The van der Waals surface area contributed by atoms with Gasteiger partial charge in [-0.15, -0.1) is 0 Å². The van der Waals surface area contributed by atoms with E-state index in [-0.39, 0.29) is 6.10 Å². The van der Waals surface area contributed by atoms with Gasteiger partial charge in [-0.05, 0) is 36.6 Å². The minimum Gasteiger partial charge on any atom is -0.378 e. The predicted octanol–water partition coefficient (Wildman–Crippen LogP) is 5.08. The number of fused-ring (bicyclic) bond motifs is 3. The topological polar surface area (TPSA) is 21.3 Å². The molecule has 2 nitrogen and oxygen atoms in total.